The molecule has 3 aromatic heterocycles. The summed E-state index contributed by atoms with van der Waals surface area (Å²) in [6, 6.07) is 13.1. The monoisotopic (exact) mass is 352 g/mol. The molecule has 0 unspecified atom stereocenters. The van der Waals surface area contributed by atoms with Gasteiger partial charge in [0.15, 0.2) is 0 Å². The van der Waals surface area contributed by atoms with E-state index in [0.717, 1.165) is 21.4 Å². The van der Waals surface area contributed by atoms with Gasteiger partial charge in [0.2, 0.25) is 5.95 Å². The van der Waals surface area contributed by atoms with E-state index in [2.05, 4.69) is 25.4 Å². The van der Waals surface area contributed by atoms with Crippen LogP contribution in [0.25, 0.3) is 17.0 Å². The highest BCUT2D eigenvalue weighted by atomic mass is 35.5. The fraction of sp³-hybridized carbons (Fsp3) is 0.0588. The molecule has 8 heteroatoms. The highest BCUT2D eigenvalue weighted by Crippen LogP contribution is 2.18. The lowest BCUT2D eigenvalue weighted by Gasteiger charge is -2.08. The SMILES string of the molecule is O=c1c(Cl)c(NCc2ccccn2)cnn1-c1nc2ccccc2[nH]1. The Kier molecular flexibility index (Phi) is 3.91. The highest BCUT2D eigenvalue weighted by molar-refractivity contribution is 6.32. The predicted octanol–water partition coefficient (Wildman–Crippen LogP) is 2.77. The van der Waals surface area contributed by atoms with Crippen molar-refractivity contribution in [1.29, 1.82) is 0 Å². The molecule has 124 valence electrons. The highest BCUT2D eigenvalue weighted by Gasteiger charge is 2.13. The summed E-state index contributed by atoms with van der Waals surface area (Å²) in [5, 5.41) is 7.28. The number of hydrogen-bond donors (Lipinski definition) is 2. The zero-order chi connectivity index (χ0) is 17.2. The third-order valence-corrected chi connectivity index (χ3v) is 4.05. The fourth-order valence-electron chi connectivity index (χ4n) is 2.44. The topological polar surface area (TPSA) is 88.5 Å². The molecular formula is C17H13ClN6O. The van der Waals surface area contributed by atoms with Gasteiger partial charge in [0, 0.05) is 6.20 Å². The molecule has 0 amide bonds. The molecule has 4 aromatic rings. The number of anilines is 1. The van der Waals surface area contributed by atoms with Crippen LogP contribution in [0.1, 0.15) is 5.69 Å². The summed E-state index contributed by atoms with van der Waals surface area (Å²) in [4.78, 5) is 24.2. The number of halogens is 1. The lowest BCUT2D eigenvalue weighted by Crippen LogP contribution is -2.23. The molecule has 0 aliphatic carbocycles. The number of nitrogens with one attached hydrogen (secondary N) is 2. The van der Waals surface area contributed by atoms with E-state index in [9.17, 15) is 4.79 Å². The molecule has 7 nitrogen and oxygen atoms in total. The summed E-state index contributed by atoms with van der Waals surface area (Å²) in [6.45, 7) is 0.441. The van der Waals surface area contributed by atoms with E-state index < -0.39 is 5.56 Å². The van der Waals surface area contributed by atoms with Crippen LogP contribution < -0.4 is 10.9 Å². The smallest absolute Gasteiger partial charge is 0.295 e. The number of imidazole rings is 1. The molecule has 2 N–H and O–H groups in total. The van der Waals surface area contributed by atoms with Crippen molar-refractivity contribution in [2.24, 2.45) is 0 Å². The van der Waals surface area contributed by atoms with Gasteiger partial charge in [-0.25, -0.2) is 4.98 Å². The van der Waals surface area contributed by atoms with Gasteiger partial charge >= 0.3 is 0 Å². The first-order valence-corrected chi connectivity index (χ1v) is 7.97. The molecule has 0 aliphatic rings. The van der Waals surface area contributed by atoms with Crippen LogP contribution in [0, 0.1) is 0 Å². The molecule has 3 heterocycles. The first-order chi connectivity index (χ1) is 12.2. The van der Waals surface area contributed by atoms with Crippen LogP contribution in [-0.2, 0) is 6.54 Å². The van der Waals surface area contributed by atoms with Crippen LogP contribution in [0.5, 0.6) is 0 Å². The van der Waals surface area contributed by atoms with E-state index in [1.54, 1.807) is 6.20 Å². The maximum atomic E-state index is 12.5. The Hall–Kier alpha value is -3.19. The van der Waals surface area contributed by atoms with Gasteiger partial charge < -0.3 is 10.3 Å². The van der Waals surface area contributed by atoms with E-state index in [1.807, 2.05) is 42.5 Å². The van der Waals surface area contributed by atoms with Crippen molar-refractivity contribution in [3.63, 3.8) is 0 Å². The number of H-pyrrole nitrogens is 1. The van der Waals surface area contributed by atoms with Gasteiger partial charge in [0.1, 0.15) is 5.02 Å². The first-order valence-electron chi connectivity index (χ1n) is 7.59. The van der Waals surface area contributed by atoms with Gasteiger partial charge in [0.05, 0.1) is 35.2 Å². The molecule has 0 spiro atoms. The number of fused-ring (bicyclic) bond motifs is 1. The lowest BCUT2D eigenvalue weighted by molar-refractivity contribution is 0.767. The molecule has 0 bridgehead atoms. The zero-order valence-electron chi connectivity index (χ0n) is 13.0. The second-order valence-corrected chi connectivity index (χ2v) is 5.72. The minimum Gasteiger partial charge on any atom is -0.377 e. The van der Waals surface area contributed by atoms with Crippen LogP contribution in [0.4, 0.5) is 5.69 Å². The Morgan fingerprint density at radius 1 is 1.16 bits per heavy atom. The van der Waals surface area contributed by atoms with Gasteiger partial charge in [0.25, 0.3) is 5.56 Å². The molecule has 1 aromatic carbocycles. The number of benzene rings is 1. The normalized spacial score (nSPS) is 10.9. The van der Waals surface area contributed by atoms with E-state index in [4.69, 9.17) is 11.6 Å². The first kappa shape index (κ1) is 15.3. The number of rotatable bonds is 4. The standard InChI is InChI=1S/C17H13ClN6O/c18-15-14(20-9-11-5-3-4-8-19-11)10-21-24(16(15)25)17-22-12-6-1-2-7-13(12)23-17/h1-8,10,20H,9H2,(H,22,23). The van der Waals surface area contributed by atoms with Crippen molar-refractivity contribution in [3.05, 3.63) is 75.9 Å². The second-order valence-electron chi connectivity index (χ2n) is 5.34. The number of hydrogen-bond acceptors (Lipinski definition) is 5. The summed E-state index contributed by atoms with van der Waals surface area (Å²) < 4.78 is 1.15. The largest absolute Gasteiger partial charge is 0.377 e. The third kappa shape index (κ3) is 2.97. The number of pyridine rings is 1. The molecule has 0 aliphatic heterocycles. The van der Waals surface area contributed by atoms with Crippen molar-refractivity contribution in [3.8, 4) is 5.95 Å². The number of aromatic amines is 1. The summed E-state index contributed by atoms with van der Waals surface area (Å²) >= 11 is 6.22. The van der Waals surface area contributed by atoms with Crippen LogP contribution in [0.3, 0.4) is 0 Å². The molecular weight excluding hydrogens is 340 g/mol. The third-order valence-electron chi connectivity index (χ3n) is 3.68. The minimum absolute atomic E-state index is 0.0476. The Morgan fingerprint density at radius 3 is 2.80 bits per heavy atom. The number of para-hydroxylation sites is 2. The quantitative estimate of drug-likeness (QED) is 0.589. The summed E-state index contributed by atoms with van der Waals surface area (Å²) in [5.41, 5.74) is 2.40. The van der Waals surface area contributed by atoms with Gasteiger partial charge in [-0.3, -0.25) is 9.78 Å². The van der Waals surface area contributed by atoms with Crippen LogP contribution in [0.15, 0.2) is 59.7 Å². The van der Waals surface area contributed by atoms with Crippen molar-refractivity contribution in [1.82, 2.24) is 24.7 Å². The summed E-state index contributed by atoms with van der Waals surface area (Å²) in [7, 11) is 0. The molecule has 4 rings (SSSR count). The Bertz CT molecular complexity index is 1060. The second kappa shape index (κ2) is 6.37. The van der Waals surface area contributed by atoms with Crippen molar-refractivity contribution >= 4 is 28.3 Å². The average molecular weight is 353 g/mol. The van der Waals surface area contributed by atoms with Crippen molar-refractivity contribution < 1.29 is 0 Å². The van der Waals surface area contributed by atoms with Gasteiger partial charge in [-0.05, 0) is 24.3 Å². The Balaban J connectivity index is 1.65. The van der Waals surface area contributed by atoms with Crippen LogP contribution in [-0.4, -0.2) is 24.7 Å². The Labute approximate surface area is 147 Å². The summed E-state index contributed by atoms with van der Waals surface area (Å²) in [6.07, 6.45) is 3.20. The van der Waals surface area contributed by atoms with Crippen molar-refractivity contribution in [2.45, 2.75) is 6.54 Å². The van der Waals surface area contributed by atoms with Crippen LogP contribution >= 0.6 is 11.6 Å². The average Bonchev–Trinajstić information content (AvgIpc) is 3.07. The fourth-order valence-corrected chi connectivity index (χ4v) is 2.63. The van der Waals surface area contributed by atoms with Gasteiger partial charge in [-0.1, -0.05) is 29.8 Å². The number of aromatic nitrogens is 5. The van der Waals surface area contributed by atoms with E-state index >= 15 is 0 Å². The maximum Gasteiger partial charge on any atom is 0.295 e. The van der Waals surface area contributed by atoms with E-state index in [0.29, 0.717) is 18.2 Å². The van der Waals surface area contributed by atoms with Gasteiger partial charge in [-0.15, -0.1) is 0 Å². The molecule has 0 radical (unpaired) electrons. The van der Waals surface area contributed by atoms with Crippen LogP contribution in [0.2, 0.25) is 5.02 Å². The Morgan fingerprint density at radius 2 is 2.00 bits per heavy atom. The molecule has 0 atom stereocenters. The maximum absolute atomic E-state index is 12.5. The van der Waals surface area contributed by atoms with E-state index in [-0.39, 0.29) is 5.02 Å². The molecule has 0 saturated heterocycles. The molecule has 0 saturated carbocycles. The van der Waals surface area contributed by atoms with Crippen molar-refractivity contribution in [2.75, 3.05) is 5.32 Å². The summed E-state index contributed by atoms with van der Waals surface area (Å²) in [5.74, 6) is 0.323. The minimum atomic E-state index is -0.452. The molecule has 0 fully saturated rings. The van der Waals surface area contributed by atoms with E-state index in [1.165, 1.54) is 6.20 Å². The lowest BCUT2D eigenvalue weighted by atomic mass is 10.3. The predicted molar refractivity (Wildman–Crippen MR) is 96.1 cm³/mol. The zero-order valence-corrected chi connectivity index (χ0v) is 13.7. The number of nitrogens with zero attached hydrogens (tertiary/aromatic N) is 4. The molecule has 25 heavy (non-hydrogen) atoms. The van der Waals surface area contributed by atoms with Gasteiger partial charge in [-0.2, -0.15) is 9.78 Å².